The van der Waals surface area contributed by atoms with Gasteiger partial charge in [0, 0.05) is 20.1 Å². The van der Waals surface area contributed by atoms with Gasteiger partial charge >= 0.3 is 0 Å². The number of aryl methyl sites for hydroxylation is 3. The molecule has 1 aromatic heterocycles. The minimum atomic E-state index is 0. The number of hydrogen-bond donors (Lipinski definition) is 1. The molecule has 33 heavy (non-hydrogen) atoms. The van der Waals surface area contributed by atoms with Crippen LogP contribution in [0.1, 0.15) is 47.4 Å². The van der Waals surface area contributed by atoms with Crippen molar-refractivity contribution < 1.29 is 9.15 Å². The lowest BCUT2D eigenvalue weighted by atomic mass is 9.97. The van der Waals surface area contributed by atoms with Gasteiger partial charge in [0.05, 0.1) is 25.4 Å². The van der Waals surface area contributed by atoms with Crippen molar-refractivity contribution in [3.05, 3.63) is 52.7 Å². The van der Waals surface area contributed by atoms with Crippen LogP contribution in [0.15, 0.2) is 33.7 Å². The van der Waals surface area contributed by atoms with Crippen molar-refractivity contribution in [1.29, 1.82) is 0 Å². The van der Waals surface area contributed by atoms with Gasteiger partial charge in [-0.3, -0.25) is 9.89 Å². The second-order valence-corrected chi connectivity index (χ2v) is 9.06. The van der Waals surface area contributed by atoms with Crippen LogP contribution in [-0.2, 0) is 11.3 Å². The average Bonchev–Trinajstić information content (AvgIpc) is 3.12. The monoisotopic (exact) mass is 567 g/mol. The summed E-state index contributed by atoms with van der Waals surface area (Å²) in [7, 11) is 1.88. The van der Waals surface area contributed by atoms with Gasteiger partial charge in [0.25, 0.3) is 0 Å². The fourth-order valence-corrected chi connectivity index (χ4v) is 4.69. The Morgan fingerprint density at radius 3 is 2.58 bits per heavy atom. The van der Waals surface area contributed by atoms with Gasteiger partial charge in [-0.05, 0) is 63.7 Å². The molecule has 2 saturated heterocycles. The zero-order valence-corrected chi connectivity index (χ0v) is 22.7. The van der Waals surface area contributed by atoms with Crippen molar-refractivity contribution >= 4 is 29.9 Å². The maximum absolute atomic E-state index is 6.09. The number of hydrogen-bond acceptors (Lipinski definition) is 5. The van der Waals surface area contributed by atoms with Crippen molar-refractivity contribution in [2.45, 2.75) is 46.3 Å². The summed E-state index contributed by atoms with van der Waals surface area (Å²) in [6.45, 7) is 12.5. The van der Waals surface area contributed by atoms with E-state index in [1.54, 1.807) is 0 Å². The number of rotatable bonds is 5. The highest BCUT2D eigenvalue weighted by Crippen LogP contribution is 2.25. The standard InChI is InChI=1S/C25H37N5O2.HI/c1-18-7-5-6-8-22(18)23-16-30(13-14-31-23)25(26-4)27-15-21-9-11-29(12-10-21)17-24-28-19(2)20(3)32-24;/h5-8,21,23H,9-17H2,1-4H3,(H,26,27);1H. The van der Waals surface area contributed by atoms with E-state index in [2.05, 4.69) is 56.3 Å². The minimum absolute atomic E-state index is 0. The SMILES string of the molecule is CN=C(NCC1CCN(Cc2nc(C)c(C)o2)CC1)N1CCOC(c2ccccc2C)C1.I. The minimum Gasteiger partial charge on any atom is -0.444 e. The third-order valence-electron chi connectivity index (χ3n) is 6.80. The van der Waals surface area contributed by atoms with Gasteiger partial charge in [0.2, 0.25) is 5.89 Å². The molecule has 0 radical (unpaired) electrons. The molecular weight excluding hydrogens is 529 g/mol. The number of piperidine rings is 1. The van der Waals surface area contributed by atoms with Gasteiger partial charge in [-0.1, -0.05) is 24.3 Å². The third-order valence-corrected chi connectivity index (χ3v) is 6.80. The van der Waals surface area contributed by atoms with Crippen LogP contribution < -0.4 is 5.32 Å². The predicted molar refractivity (Wildman–Crippen MR) is 142 cm³/mol. The Labute approximate surface area is 215 Å². The lowest BCUT2D eigenvalue weighted by Gasteiger charge is -2.37. The highest BCUT2D eigenvalue weighted by Gasteiger charge is 2.26. The number of nitrogens with one attached hydrogen (secondary N) is 1. The lowest BCUT2D eigenvalue weighted by molar-refractivity contribution is -0.00841. The molecule has 0 spiro atoms. The van der Waals surface area contributed by atoms with Crippen LogP contribution in [0.2, 0.25) is 0 Å². The van der Waals surface area contributed by atoms with Gasteiger partial charge < -0.3 is 19.4 Å². The van der Waals surface area contributed by atoms with Gasteiger partial charge in [-0.2, -0.15) is 0 Å². The first-order valence-electron chi connectivity index (χ1n) is 11.8. The van der Waals surface area contributed by atoms with Crippen molar-refractivity contribution in [3.8, 4) is 0 Å². The maximum atomic E-state index is 6.09. The highest BCUT2D eigenvalue weighted by atomic mass is 127. The summed E-state index contributed by atoms with van der Waals surface area (Å²) in [4.78, 5) is 13.9. The van der Waals surface area contributed by atoms with Crippen molar-refractivity contribution in [2.75, 3.05) is 46.4 Å². The largest absolute Gasteiger partial charge is 0.444 e. The van der Waals surface area contributed by atoms with Crippen LogP contribution in [0.5, 0.6) is 0 Å². The zero-order valence-electron chi connectivity index (χ0n) is 20.3. The van der Waals surface area contributed by atoms with E-state index in [1.165, 1.54) is 24.0 Å². The summed E-state index contributed by atoms with van der Waals surface area (Å²) in [6, 6.07) is 8.50. The maximum Gasteiger partial charge on any atom is 0.208 e. The van der Waals surface area contributed by atoms with Crippen LogP contribution in [0.3, 0.4) is 0 Å². The van der Waals surface area contributed by atoms with Crippen molar-refractivity contribution in [1.82, 2.24) is 20.1 Å². The molecule has 7 nitrogen and oxygen atoms in total. The van der Waals surface area contributed by atoms with Crippen LogP contribution in [0.4, 0.5) is 0 Å². The normalized spacial score (nSPS) is 20.5. The number of morpholine rings is 1. The molecule has 1 unspecified atom stereocenters. The Morgan fingerprint density at radius 2 is 1.91 bits per heavy atom. The molecule has 0 saturated carbocycles. The lowest BCUT2D eigenvalue weighted by Crippen LogP contribution is -2.49. The van der Waals surface area contributed by atoms with Crippen LogP contribution >= 0.6 is 24.0 Å². The van der Waals surface area contributed by atoms with Gasteiger partial charge in [0.15, 0.2) is 5.96 Å². The Balaban J connectivity index is 0.00000306. The molecule has 0 aliphatic carbocycles. The van der Waals surface area contributed by atoms with E-state index in [0.717, 1.165) is 69.2 Å². The van der Waals surface area contributed by atoms with Crippen molar-refractivity contribution in [2.24, 2.45) is 10.9 Å². The molecule has 0 amide bonds. The van der Waals surface area contributed by atoms with Gasteiger partial charge in [-0.15, -0.1) is 24.0 Å². The topological polar surface area (TPSA) is 66.1 Å². The molecule has 182 valence electrons. The van der Waals surface area contributed by atoms with Crippen LogP contribution in [0, 0.1) is 26.7 Å². The fourth-order valence-electron chi connectivity index (χ4n) is 4.69. The van der Waals surface area contributed by atoms with E-state index in [4.69, 9.17) is 9.15 Å². The molecule has 1 atom stereocenters. The van der Waals surface area contributed by atoms with E-state index < -0.39 is 0 Å². The van der Waals surface area contributed by atoms with Gasteiger partial charge in [-0.25, -0.2) is 4.98 Å². The summed E-state index contributed by atoms with van der Waals surface area (Å²) in [5.74, 6) is 3.41. The number of likely N-dealkylation sites (tertiary alicyclic amines) is 1. The first-order chi connectivity index (χ1) is 15.5. The summed E-state index contributed by atoms with van der Waals surface area (Å²) in [5, 5.41) is 3.64. The van der Waals surface area contributed by atoms with Gasteiger partial charge in [0.1, 0.15) is 11.9 Å². The molecule has 2 aliphatic rings. The first-order valence-corrected chi connectivity index (χ1v) is 11.8. The molecule has 3 heterocycles. The smallest absolute Gasteiger partial charge is 0.208 e. The molecule has 1 N–H and O–H groups in total. The summed E-state index contributed by atoms with van der Waals surface area (Å²) in [6.07, 6.45) is 2.45. The van der Waals surface area contributed by atoms with Crippen molar-refractivity contribution in [3.63, 3.8) is 0 Å². The Hall–Kier alpha value is -1.65. The Morgan fingerprint density at radius 1 is 1.15 bits per heavy atom. The second kappa shape index (κ2) is 12.2. The first kappa shape index (κ1) is 26.0. The molecule has 2 fully saturated rings. The summed E-state index contributed by atoms with van der Waals surface area (Å²) < 4.78 is 11.8. The molecule has 4 rings (SSSR count). The molecule has 1 aromatic carbocycles. The number of guanidine groups is 1. The summed E-state index contributed by atoms with van der Waals surface area (Å²) in [5.41, 5.74) is 3.55. The predicted octanol–water partition coefficient (Wildman–Crippen LogP) is 4.08. The van der Waals surface area contributed by atoms with E-state index in [-0.39, 0.29) is 30.1 Å². The van der Waals surface area contributed by atoms with Crippen LogP contribution in [-0.4, -0.2) is 67.1 Å². The molecule has 0 bridgehead atoms. The molecule has 2 aliphatic heterocycles. The fraction of sp³-hybridized carbons (Fsp3) is 0.600. The van der Waals surface area contributed by atoms with E-state index in [9.17, 15) is 0 Å². The zero-order chi connectivity index (χ0) is 22.5. The third kappa shape index (κ3) is 6.70. The number of nitrogens with zero attached hydrogens (tertiary/aromatic N) is 4. The summed E-state index contributed by atoms with van der Waals surface area (Å²) >= 11 is 0. The Kier molecular flexibility index (Phi) is 9.57. The number of aliphatic imine (C=N–C) groups is 1. The quantitative estimate of drug-likeness (QED) is 0.334. The van der Waals surface area contributed by atoms with E-state index in [0.29, 0.717) is 5.92 Å². The molecular formula is C25H38IN5O2. The number of ether oxygens (including phenoxy) is 1. The molecule has 8 heteroatoms. The second-order valence-electron chi connectivity index (χ2n) is 9.06. The number of oxazole rings is 1. The average molecular weight is 568 g/mol. The van der Waals surface area contributed by atoms with E-state index >= 15 is 0 Å². The van der Waals surface area contributed by atoms with Crippen LogP contribution in [0.25, 0.3) is 0 Å². The number of halogens is 1. The number of benzene rings is 1. The van der Waals surface area contributed by atoms with E-state index in [1.807, 2.05) is 20.9 Å². The Bertz CT molecular complexity index is 904. The highest BCUT2D eigenvalue weighted by molar-refractivity contribution is 14.0. The molecule has 2 aromatic rings. The number of aromatic nitrogens is 1.